The molecule has 0 saturated heterocycles. The predicted octanol–water partition coefficient (Wildman–Crippen LogP) is 4.47. The van der Waals surface area contributed by atoms with Crippen molar-refractivity contribution in [3.05, 3.63) is 57.9 Å². The minimum absolute atomic E-state index is 0.293. The normalized spacial score (nSPS) is 11.9. The first-order valence-electron chi connectivity index (χ1n) is 7.63. The molecule has 0 spiro atoms. The van der Waals surface area contributed by atoms with Gasteiger partial charge in [0.1, 0.15) is 5.75 Å². The molecule has 1 heterocycles. The lowest BCUT2D eigenvalue weighted by molar-refractivity contribution is 0.0998. The van der Waals surface area contributed by atoms with Crippen molar-refractivity contribution in [3.63, 3.8) is 0 Å². The van der Waals surface area contributed by atoms with E-state index in [2.05, 4.69) is 15.8 Å². The molecule has 0 aliphatic rings. The van der Waals surface area contributed by atoms with Gasteiger partial charge in [0.25, 0.3) is 5.91 Å². The third-order valence-electron chi connectivity index (χ3n) is 3.68. The van der Waals surface area contributed by atoms with Gasteiger partial charge in [-0.1, -0.05) is 29.0 Å². The van der Waals surface area contributed by atoms with Gasteiger partial charge in [-0.05, 0) is 42.7 Å². The number of carbonyl (C=O) groups is 1. The van der Waals surface area contributed by atoms with Crippen molar-refractivity contribution >= 4 is 50.8 Å². The third kappa shape index (κ3) is 4.08. The van der Waals surface area contributed by atoms with Crippen molar-refractivity contribution in [1.82, 2.24) is 4.57 Å². The standard InChI is InChI=1S/C18H17ClN2O2S2/c1-23-14-6-7-15-16(11-14)25-18(21(15)8-9-24-2)20-17(22)12-4-3-5-13(19)10-12/h3-7,10-11H,8-9H2,1-2H3. The van der Waals surface area contributed by atoms with Crippen LogP contribution in [-0.2, 0) is 6.54 Å². The molecule has 0 atom stereocenters. The lowest BCUT2D eigenvalue weighted by Crippen LogP contribution is -2.18. The van der Waals surface area contributed by atoms with Crippen LogP contribution in [0.2, 0.25) is 5.02 Å². The lowest BCUT2D eigenvalue weighted by atomic mass is 10.2. The van der Waals surface area contributed by atoms with Crippen molar-refractivity contribution < 1.29 is 9.53 Å². The molecule has 0 fully saturated rings. The van der Waals surface area contributed by atoms with Crippen LogP contribution in [0.25, 0.3) is 10.2 Å². The molecule has 3 aromatic rings. The maximum atomic E-state index is 12.5. The van der Waals surface area contributed by atoms with Gasteiger partial charge < -0.3 is 9.30 Å². The largest absolute Gasteiger partial charge is 0.497 e. The van der Waals surface area contributed by atoms with Gasteiger partial charge in [-0.2, -0.15) is 16.8 Å². The van der Waals surface area contributed by atoms with E-state index in [0.717, 1.165) is 28.3 Å². The number of rotatable bonds is 5. The van der Waals surface area contributed by atoms with Crippen molar-refractivity contribution in [1.29, 1.82) is 0 Å². The van der Waals surface area contributed by atoms with E-state index in [-0.39, 0.29) is 5.91 Å². The monoisotopic (exact) mass is 392 g/mol. The summed E-state index contributed by atoms with van der Waals surface area (Å²) in [5.74, 6) is 1.44. The molecule has 3 rings (SSSR count). The Kier molecular flexibility index (Phi) is 5.83. The van der Waals surface area contributed by atoms with E-state index in [9.17, 15) is 4.79 Å². The number of hydrogen-bond acceptors (Lipinski definition) is 4. The van der Waals surface area contributed by atoms with Crippen LogP contribution in [0.5, 0.6) is 5.75 Å². The Morgan fingerprint density at radius 3 is 2.88 bits per heavy atom. The summed E-state index contributed by atoms with van der Waals surface area (Å²) in [6.45, 7) is 0.787. The summed E-state index contributed by atoms with van der Waals surface area (Å²) in [6, 6.07) is 12.8. The molecule has 25 heavy (non-hydrogen) atoms. The van der Waals surface area contributed by atoms with Gasteiger partial charge in [-0.25, -0.2) is 0 Å². The molecule has 0 saturated carbocycles. The molecule has 1 aromatic heterocycles. The number of halogens is 1. The Morgan fingerprint density at radius 2 is 2.16 bits per heavy atom. The van der Waals surface area contributed by atoms with Gasteiger partial charge in [0.2, 0.25) is 0 Å². The number of nitrogens with zero attached hydrogens (tertiary/aromatic N) is 2. The Labute approximate surface area is 159 Å². The smallest absolute Gasteiger partial charge is 0.279 e. The minimum Gasteiger partial charge on any atom is -0.497 e. The molecule has 0 N–H and O–H groups in total. The van der Waals surface area contributed by atoms with Gasteiger partial charge >= 0.3 is 0 Å². The minimum atomic E-state index is -0.293. The number of carbonyl (C=O) groups excluding carboxylic acids is 1. The van der Waals surface area contributed by atoms with Crippen LogP contribution in [0.1, 0.15) is 10.4 Å². The molecule has 2 aromatic carbocycles. The van der Waals surface area contributed by atoms with Gasteiger partial charge in [-0.3, -0.25) is 4.79 Å². The Hall–Kier alpha value is -1.76. The molecule has 4 nitrogen and oxygen atoms in total. The zero-order valence-electron chi connectivity index (χ0n) is 13.9. The van der Waals surface area contributed by atoms with Crippen molar-refractivity contribution in [2.45, 2.75) is 6.54 Å². The van der Waals surface area contributed by atoms with Crippen LogP contribution in [-0.4, -0.2) is 29.6 Å². The number of hydrogen-bond donors (Lipinski definition) is 0. The molecule has 0 aliphatic heterocycles. The van der Waals surface area contributed by atoms with E-state index in [0.29, 0.717) is 15.4 Å². The summed E-state index contributed by atoms with van der Waals surface area (Å²) in [5, 5.41) is 0.525. The summed E-state index contributed by atoms with van der Waals surface area (Å²) in [7, 11) is 1.64. The maximum Gasteiger partial charge on any atom is 0.279 e. The van der Waals surface area contributed by atoms with E-state index in [4.69, 9.17) is 16.3 Å². The number of fused-ring (bicyclic) bond motifs is 1. The maximum absolute atomic E-state index is 12.5. The third-order valence-corrected chi connectivity index (χ3v) is 5.54. The molecule has 0 bridgehead atoms. The van der Waals surface area contributed by atoms with Gasteiger partial charge in [-0.15, -0.1) is 0 Å². The van der Waals surface area contributed by atoms with E-state index in [1.54, 1.807) is 43.1 Å². The van der Waals surface area contributed by atoms with Crippen LogP contribution in [0.3, 0.4) is 0 Å². The summed E-state index contributed by atoms with van der Waals surface area (Å²) in [6.07, 6.45) is 2.06. The van der Waals surface area contributed by atoms with Crippen LogP contribution < -0.4 is 9.54 Å². The highest BCUT2D eigenvalue weighted by atomic mass is 35.5. The number of thioether (sulfide) groups is 1. The second-order valence-corrected chi connectivity index (χ2v) is 7.72. The van der Waals surface area contributed by atoms with Crippen LogP contribution in [0.4, 0.5) is 0 Å². The van der Waals surface area contributed by atoms with Crippen LogP contribution in [0.15, 0.2) is 47.5 Å². The first-order valence-corrected chi connectivity index (χ1v) is 10.2. The number of benzene rings is 2. The van der Waals surface area contributed by atoms with Gasteiger partial charge in [0.15, 0.2) is 4.80 Å². The number of thiazole rings is 1. The predicted molar refractivity (Wildman–Crippen MR) is 106 cm³/mol. The average Bonchev–Trinajstić information content (AvgIpc) is 2.95. The second kappa shape index (κ2) is 8.08. The number of ether oxygens (including phenoxy) is 1. The summed E-state index contributed by atoms with van der Waals surface area (Å²) >= 11 is 9.22. The summed E-state index contributed by atoms with van der Waals surface area (Å²) in [5.41, 5.74) is 1.54. The molecule has 0 aliphatic carbocycles. The molecule has 7 heteroatoms. The number of methoxy groups -OCH3 is 1. The highest BCUT2D eigenvalue weighted by Crippen LogP contribution is 2.23. The van der Waals surface area contributed by atoms with Crippen molar-refractivity contribution in [2.24, 2.45) is 4.99 Å². The Balaban J connectivity index is 2.11. The lowest BCUT2D eigenvalue weighted by Gasteiger charge is -2.04. The SMILES string of the molecule is COc1ccc2c(c1)sc(=NC(=O)c1cccc(Cl)c1)n2CCSC. The van der Waals surface area contributed by atoms with Crippen LogP contribution >= 0.6 is 34.7 Å². The summed E-state index contributed by atoms with van der Waals surface area (Å²) < 4.78 is 8.42. The van der Waals surface area contributed by atoms with E-state index in [1.807, 2.05) is 18.2 Å². The van der Waals surface area contributed by atoms with Gasteiger partial charge in [0, 0.05) is 22.9 Å². The first-order chi connectivity index (χ1) is 12.1. The van der Waals surface area contributed by atoms with Crippen molar-refractivity contribution in [3.8, 4) is 5.75 Å². The number of aryl methyl sites for hydroxylation is 1. The number of amides is 1. The fourth-order valence-electron chi connectivity index (χ4n) is 2.44. The molecule has 0 radical (unpaired) electrons. The topological polar surface area (TPSA) is 43.6 Å². The second-order valence-electron chi connectivity index (χ2n) is 5.29. The quantitative estimate of drug-likeness (QED) is 0.643. The molecule has 0 unspecified atom stereocenters. The van der Waals surface area contributed by atoms with E-state index < -0.39 is 0 Å². The molecule has 1 amide bonds. The molecule has 130 valence electrons. The summed E-state index contributed by atoms with van der Waals surface area (Å²) in [4.78, 5) is 17.6. The van der Waals surface area contributed by atoms with Crippen LogP contribution in [0, 0.1) is 0 Å². The van der Waals surface area contributed by atoms with Crippen molar-refractivity contribution in [2.75, 3.05) is 19.1 Å². The zero-order valence-corrected chi connectivity index (χ0v) is 16.2. The Morgan fingerprint density at radius 1 is 1.32 bits per heavy atom. The zero-order chi connectivity index (χ0) is 17.8. The number of aromatic nitrogens is 1. The van der Waals surface area contributed by atoms with E-state index >= 15 is 0 Å². The van der Waals surface area contributed by atoms with Gasteiger partial charge in [0.05, 0.1) is 17.3 Å². The highest BCUT2D eigenvalue weighted by molar-refractivity contribution is 7.98. The Bertz CT molecular complexity index is 979. The first kappa shape index (κ1) is 18.0. The fourth-order valence-corrected chi connectivity index (χ4v) is 4.08. The van der Waals surface area contributed by atoms with E-state index in [1.165, 1.54) is 11.3 Å². The average molecular weight is 393 g/mol. The fraction of sp³-hybridized carbons (Fsp3) is 0.222. The molecular formula is C18H17ClN2O2S2. The molecular weight excluding hydrogens is 376 g/mol. The highest BCUT2D eigenvalue weighted by Gasteiger charge is 2.10.